The van der Waals surface area contributed by atoms with Crippen LogP contribution in [-0.2, 0) is 18.4 Å². The SMILES string of the molecule is CCCCCCCCCCCCC/C=C\[C@@H](O)[C@H](COP(=O)(O)OCC[N+](C)(C)C)NC(=O)CCCCCCCCCCCCCCC. The van der Waals surface area contributed by atoms with Crippen molar-refractivity contribution in [2.45, 2.75) is 193 Å². The fourth-order valence-corrected chi connectivity index (χ4v) is 6.48. The maximum atomic E-state index is 12.8. The molecule has 0 saturated carbocycles. The fraction of sp³-hybridized carbons (Fsp3) is 0.923. The number of allylic oxidation sites excluding steroid dienone is 1. The number of carbonyl (C=O) groups excluding carboxylic acids is 1. The van der Waals surface area contributed by atoms with Gasteiger partial charge < -0.3 is 19.8 Å². The molecule has 0 bridgehead atoms. The third-order valence-electron chi connectivity index (χ3n) is 9.01. The van der Waals surface area contributed by atoms with Crippen molar-refractivity contribution in [2.75, 3.05) is 40.9 Å². The zero-order valence-electron chi connectivity index (χ0n) is 32.2. The van der Waals surface area contributed by atoms with Gasteiger partial charge in [-0.3, -0.25) is 13.8 Å². The van der Waals surface area contributed by atoms with E-state index < -0.39 is 20.0 Å². The summed E-state index contributed by atoms with van der Waals surface area (Å²) in [4.78, 5) is 23.0. The van der Waals surface area contributed by atoms with Crippen LogP contribution in [0.5, 0.6) is 0 Å². The van der Waals surface area contributed by atoms with Gasteiger partial charge in [0, 0.05) is 6.42 Å². The van der Waals surface area contributed by atoms with Crippen LogP contribution in [0.3, 0.4) is 0 Å². The average molecular weight is 704 g/mol. The standard InChI is InChI=1S/C39H79N2O6P/c1-6-8-10-12-14-16-18-20-22-24-26-28-30-32-38(42)37(36-47-48(44,45)46-35-34-41(3,4)5)40-39(43)33-31-29-27-25-23-21-19-17-15-13-11-9-7-2/h30,32,37-38,42H,6-29,31,33-36H2,1-5H3,(H-,40,43,44,45)/p+1/b32-30-/t37-,38+/m0/s1. The van der Waals surface area contributed by atoms with Crippen LogP contribution < -0.4 is 5.32 Å². The van der Waals surface area contributed by atoms with Crippen molar-refractivity contribution in [1.29, 1.82) is 0 Å². The Labute approximate surface area is 297 Å². The highest BCUT2D eigenvalue weighted by molar-refractivity contribution is 7.47. The van der Waals surface area contributed by atoms with E-state index in [1.54, 1.807) is 6.08 Å². The normalized spacial score (nSPS) is 14.7. The molecular weight excluding hydrogens is 623 g/mol. The van der Waals surface area contributed by atoms with Gasteiger partial charge in [-0.15, -0.1) is 0 Å². The summed E-state index contributed by atoms with van der Waals surface area (Å²) < 4.78 is 23.5. The van der Waals surface area contributed by atoms with E-state index in [0.717, 1.165) is 38.5 Å². The summed E-state index contributed by atoms with van der Waals surface area (Å²) in [5.74, 6) is -0.178. The van der Waals surface area contributed by atoms with Crippen LogP contribution in [0.1, 0.15) is 181 Å². The molecule has 0 aliphatic heterocycles. The smallest absolute Gasteiger partial charge is 0.387 e. The number of aliphatic hydroxyl groups is 1. The van der Waals surface area contributed by atoms with Gasteiger partial charge in [0.2, 0.25) is 5.91 Å². The van der Waals surface area contributed by atoms with E-state index in [-0.39, 0.29) is 19.1 Å². The summed E-state index contributed by atoms with van der Waals surface area (Å²) in [5.41, 5.74) is 0. The molecule has 0 rings (SSSR count). The first-order valence-corrected chi connectivity index (χ1v) is 21.6. The molecule has 1 unspecified atom stereocenters. The number of nitrogens with zero attached hydrogens (tertiary/aromatic N) is 1. The predicted molar refractivity (Wildman–Crippen MR) is 203 cm³/mol. The highest BCUT2D eigenvalue weighted by Crippen LogP contribution is 2.43. The van der Waals surface area contributed by atoms with E-state index in [1.165, 1.54) is 122 Å². The van der Waals surface area contributed by atoms with Gasteiger partial charge in [-0.05, 0) is 19.3 Å². The molecule has 9 heteroatoms. The number of phosphoric ester groups is 1. The van der Waals surface area contributed by atoms with Gasteiger partial charge in [0.1, 0.15) is 13.2 Å². The first-order valence-electron chi connectivity index (χ1n) is 20.1. The number of quaternary nitrogens is 1. The van der Waals surface area contributed by atoms with Crippen molar-refractivity contribution in [3.63, 3.8) is 0 Å². The Morgan fingerprint density at radius 1 is 0.688 bits per heavy atom. The van der Waals surface area contributed by atoms with Crippen molar-refractivity contribution >= 4 is 13.7 Å². The summed E-state index contributed by atoms with van der Waals surface area (Å²) in [7, 11) is 1.58. The number of aliphatic hydroxyl groups excluding tert-OH is 1. The third kappa shape index (κ3) is 33.7. The number of amides is 1. The second kappa shape index (κ2) is 32.2. The molecule has 3 N–H and O–H groups in total. The third-order valence-corrected chi connectivity index (χ3v) is 9.99. The highest BCUT2D eigenvalue weighted by Gasteiger charge is 2.27. The summed E-state index contributed by atoms with van der Waals surface area (Å²) in [5, 5.41) is 13.8. The number of nitrogens with one attached hydrogen (secondary N) is 1. The number of hydrogen-bond donors (Lipinski definition) is 3. The molecule has 48 heavy (non-hydrogen) atoms. The average Bonchev–Trinajstić information content (AvgIpc) is 3.02. The number of carbonyl (C=O) groups is 1. The second-order valence-electron chi connectivity index (χ2n) is 15.0. The van der Waals surface area contributed by atoms with E-state index in [1.807, 2.05) is 27.2 Å². The van der Waals surface area contributed by atoms with Crippen molar-refractivity contribution in [3.8, 4) is 0 Å². The molecule has 0 aliphatic rings. The molecule has 0 heterocycles. The summed E-state index contributed by atoms with van der Waals surface area (Å²) >= 11 is 0. The lowest BCUT2D eigenvalue weighted by molar-refractivity contribution is -0.870. The molecule has 1 amide bonds. The minimum Gasteiger partial charge on any atom is -0.387 e. The Hall–Kier alpha value is -0.760. The van der Waals surface area contributed by atoms with Gasteiger partial charge in [-0.1, -0.05) is 167 Å². The molecule has 286 valence electrons. The minimum absolute atomic E-state index is 0.0643. The second-order valence-corrected chi connectivity index (χ2v) is 16.5. The zero-order chi connectivity index (χ0) is 35.8. The highest BCUT2D eigenvalue weighted by atomic mass is 31.2. The Morgan fingerprint density at radius 3 is 1.54 bits per heavy atom. The van der Waals surface area contributed by atoms with Crippen molar-refractivity contribution in [3.05, 3.63) is 12.2 Å². The Bertz CT molecular complexity index is 804. The number of hydrogen-bond acceptors (Lipinski definition) is 5. The number of rotatable bonds is 36. The Morgan fingerprint density at radius 2 is 1.10 bits per heavy atom. The molecule has 3 atom stereocenters. The summed E-state index contributed by atoms with van der Waals surface area (Å²) in [6, 6.07) is -0.837. The van der Waals surface area contributed by atoms with Crippen LogP contribution in [0.15, 0.2) is 12.2 Å². The Balaban J connectivity index is 4.50. The lowest BCUT2D eigenvalue weighted by atomic mass is 10.0. The van der Waals surface area contributed by atoms with E-state index in [9.17, 15) is 19.4 Å². The van der Waals surface area contributed by atoms with Crippen LogP contribution in [0.25, 0.3) is 0 Å². The maximum absolute atomic E-state index is 12.8. The van der Waals surface area contributed by atoms with E-state index in [2.05, 4.69) is 19.2 Å². The summed E-state index contributed by atoms with van der Waals surface area (Å²) in [6.45, 7) is 4.80. The molecule has 0 aromatic carbocycles. The maximum Gasteiger partial charge on any atom is 0.472 e. The Kier molecular flexibility index (Phi) is 31.7. The first-order chi connectivity index (χ1) is 23.0. The van der Waals surface area contributed by atoms with Crippen LogP contribution in [0.4, 0.5) is 0 Å². The largest absolute Gasteiger partial charge is 0.472 e. The van der Waals surface area contributed by atoms with Gasteiger partial charge in [0.25, 0.3) is 0 Å². The molecule has 0 aromatic rings. The number of phosphoric acid groups is 1. The van der Waals surface area contributed by atoms with E-state index >= 15 is 0 Å². The van der Waals surface area contributed by atoms with Crippen LogP contribution in [-0.4, -0.2) is 73.4 Å². The van der Waals surface area contributed by atoms with Crippen molar-refractivity contribution < 1.29 is 32.9 Å². The molecule has 0 spiro atoms. The van der Waals surface area contributed by atoms with Crippen molar-refractivity contribution in [2.24, 2.45) is 0 Å². The molecule has 0 aliphatic carbocycles. The lowest BCUT2D eigenvalue weighted by Crippen LogP contribution is -2.45. The van der Waals surface area contributed by atoms with Crippen LogP contribution >= 0.6 is 7.82 Å². The number of unbranched alkanes of at least 4 members (excludes halogenated alkanes) is 23. The van der Waals surface area contributed by atoms with Gasteiger partial charge >= 0.3 is 7.82 Å². The minimum atomic E-state index is -4.32. The predicted octanol–water partition coefficient (Wildman–Crippen LogP) is 10.4. The van der Waals surface area contributed by atoms with E-state index in [0.29, 0.717) is 17.4 Å². The van der Waals surface area contributed by atoms with Gasteiger partial charge in [-0.2, -0.15) is 0 Å². The molecule has 0 fully saturated rings. The molecule has 8 nitrogen and oxygen atoms in total. The summed E-state index contributed by atoms with van der Waals surface area (Å²) in [6.07, 6.45) is 34.1. The molecule has 0 saturated heterocycles. The fourth-order valence-electron chi connectivity index (χ4n) is 5.75. The molecule has 0 aromatic heterocycles. The van der Waals surface area contributed by atoms with E-state index in [4.69, 9.17) is 9.05 Å². The molecule has 0 radical (unpaired) electrons. The molecular formula is C39H80N2O6P+. The topological polar surface area (TPSA) is 105 Å². The van der Waals surface area contributed by atoms with Gasteiger partial charge in [-0.25, -0.2) is 4.57 Å². The monoisotopic (exact) mass is 704 g/mol. The zero-order valence-corrected chi connectivity index (χ0v) is 33.1. The lowest BCUT2D eigenvalue weighted by Gasteiger charge is -2.25. The van der Waals surface area contributed by atoms with Crippen LogP contribution in [0, 0.1) is 0 Å². The van der Waals surface area contributed by atoms with Crippen molar-refractivity contribution in [1.82, 2.24) is 5.32 Å². The number of likely N-dealkylation sites (N-methyl/N-ethyl adjacent to an activating group) is 1. The van der Waals surface area contributed by atoms with Gasteiger partial charge in [0.05, 0.1) is 39.9 Å². The van der Waals surface area contributed by atoms with Crippen LogP contribution in [0.2, 0.25) is 0 Å². The first kappa shape index (κ1) is 47.2. The van der Waals surface area contributed by atoms with Gasteiger partial charge in [0.15, 0.2) is 0 Å². The quantitative estimate of drug-likeness (QED) is 0.0260.